The van der Waals surface area contributed by atoms with Crippen LogP contribution in [0.5, 0.6) is 0 Å². The van der Waals surface area contributed by atoms with Crippen LogP contribution in [0.3, 0.4) is 0 Å². The van der Waals surface area contributed by atoms with Crippen LogP contribution < -0.4 is 0 Å². The molecular weight excluding hydrogens is 649 g/mol. The van der Waals surface area contributed by atoms with E-state index in [1.165, 1.54) is 121 Å². The number of hydrogen-bond acceptors (Lipinski definition) is 0. The van der Waals surface area contributed by atoms with Crippen molar-refractivity contribution in [2.75, 3.05) is 0 Å². The Balaban J connectivity index is 1.18. The molecular formula is C54H38. The van der Waals surface area contributed by atoms with E-state index in [4.69, 9.17) is 0 Å². The lowest BCUT2D eigenvalue weighted by Crippen LogP contribution is -2.17. The van der Waals surface area contributed by atoms with Crippen molar-refractivity contribution in [2.24, 2.45) is 0 Å². The van der Waals surface area contributed by atoms with Gasteiger partial charge in [0.15, 0.2) is 0 Å². The van der Waals surface area contributed by atoms with Gasteiger partial charge in [-0.1, -0.05) is 155 Å². The van der Waals surface area contributed by atoms with Crippen LogP contribution in [0, 0.1) is 0 Å². The summed E-state index contributed by atoms with van der Waals surface area (Å²) in [5.41, 5.74) is 16.1. The topological polar surface area (TPSA) is 0 Å². The van der Waals surface area contributed by atoms with Gasteiger partial charge in [-0.25, -0.2) is 0 Å². The maximum atomic E-state index is 2.59. The van der Waals surface area contributed by atoms with E-state index < -0.39 is 0 Å². The molecule has 0 unspecified atom stereocenters. The van der Waals surface area contributed by atoms with E-state index in [-0.39, 0.29) is 10.8 Å². The first-order valence-electron chi connectivity index (χ1n) is 19.4. The molecule has 0 bridgehead atoms. The minimum Gasteiger partial charge on any atom is -0.0622 e. The van der Waals surface area contributed by atoms with Crippen molar-refractivity contribution in [3.63, 3.8) is 0 Å². The van der Waals surface area contributed by atoms with E-state index in [2.05, 4.69) is 185 Å². The van der Waals surface area contributed by atoms with Crippen molar-refractivity contribution < 1.29 is 0 Å². The molecule has 0 saturated heterocycles. The van der Waals surface area contributed by atoms with Gasteiger partial charge in [-0.15, -0.1) is 0 Å². The second kappa shape index (κ2) is 10.2. The van der Waals surface area contributed by atoms with Gasteiger partial charge in [0.1, 0.15) is 0 Å². The quantitative estimate of drug-likeness (QED) is 0.125. The fourth-order valence-corrected chi connectivity index (χ4v) is 10.7. The fraction of sp³-hybridized carbons (Fsp3) is 0.111. The lowest BCUT2D eigenvalue weighted by molar-refractivity contribution is 0.653. The molecule has 0 saturated carbocycles. The normalized spacial score (nSPS) is 15.0. The molecule has 0 heteroatoms. The van der Waals surface area contributed by atoms with Gasteiger partial charge in [-0.05, 0) is 151 Å². The number of benzene rings is 10. The maximum absolute atomic E-state index is 2.59. The summed E-state index contributed by atoms with van der Waals surface area (Å²) in [5.74, 6) is 0. The van der Waals surface area contributed by atoms with Gasteiger partial charge in [-0.2, -0.15) is 0 Å². The molecule has 2 aliphatic carbocycles. The van der Waals surface area contributed by atoms with E-state index in [9.17, 15) is 0 Å². The first-order valence-corrected chi connectivity index (χ1v) is 19.4. The molecule has 10 aromatic rings. The van der Waals surface area contributed by atoms with Crippen LogP contribution in [0.4, 0.5) is 0 Å². The highest BCUT2D eigenvalue weighted by Gasteiger charge is 2.43. The third-order valence-electron chi connectivity index (χ3n) is 13.3. The Morgan fingerprint density at radius 2 is 0.796 bits per heavy atom. The Morgan fingerprint density at radius 1 is 0.296 bits per heavy atom. The molecule has 54 heavy (non-hydrogen) atoms. The fourth-order valence-electron chi connectivity index (χ4n) is 10.7. The first kappa shape index (κ1) is 30.2. The lowest BCUT2D eigenvalue weighted by Gasteiger charge is -2.25. The summed E-state index contributed by atoms with van der Waals surface area (Å²) in [6.07, 6.45) is 0. The lowest BCUT2D eigenvalue weighted by atomic mass is 9.78. The molecule has 0 fully saturated rings. The van der Waals surface area contributed by atoms with Crippen molar-refractivity contribution in [1.29, 1.82) is 0 Å². The largest absolute Gasteiger partial charge is 0.0622 e. The molecule has 12 rings (SSSR count). The predicted molar refractivity (Wildman–Crippen MR) is 231 cm³/mol. The summed E-state index contributed by atoms with van der Waals surface area (Å²) in [4.78, 5) is 0. The van der Waals surface area contributed by atoms with Crippen LogP contribution in [0.15, 0.2) is 158 Å². The Bertz CT molecular complexity index is 3220. The average molecular weight is 687 g/mol. The van der Waals surface area contributed by atoms with Crippen LogP contribution >= 0.6 is 0 Å². The monoisotopic (exact) mass is 686 g/mol. The minimum atomic E-state index is -0.183. The van der Waals surface area contributed by atoms with E-state index in [1.54, 1.807) is 0 Å². The number of hydrogen-bond donors (Lipinski definition) is 0. The van der Waals surface area contributed by atoms with Crippen LogP contribution in [-0.2, 0) is 10.8 Å². The van der Waals surface area contributed by atoms with Gasteiger partial charge in [0.05, 0.1) is 0 Å². The smallest absolute Gasteiger partial charge is 0.0159 e. The second-order valence-corrected chi connectivity index (χ2v) is 16.8. The van der Waals surface area contributed by atoms with Crippen LogP contribution in [0.1, 0.15) is 49.9 Å². The van der Waals surface area contributed by atoms with E-state index in [1.807, 2.05) is 0 Å². The Hall–Kier alpha value is -6.24. The maximum Gasteiger partial charge on any atom is 0.0159 e. The van der Waals surface area contributed by atoms with Crippen molar-refractivity contribution in [3.05, 3.63) is 180 Å². The first-order chi connectivity index (χ1) is 26.3. The Morgan fingerprint density at radius 3 is 1.46 bits per heavy atom. The zero-order chi connectivity index (χ0) is 36.1. The average Bonchev–Trinajstić information content (AvgIpc) is 3.56. The molecule has 0 aromatic heterocycles. The molecule has 10 aromatic carbocycles. The predicted octanol–water partition coefficient (Wildman–Crippen LogP) is 14.8. The molecule has 0 aliphatic heterocycles. The second-order valence-electron chi connectivity index (χ2n) is 16.8. The van der Waals surface area contributed by atoms with Crippen molar-refractivity contribution in [1.82, 2.24) is 0 Å². The highest BCUT2D eigenvalue weighted by molar-refractivity contribution is 6.27. The summed E-state index contributed by atoms with van der Waals surface area (Å²) < 4.78 is 0. The van der Waals surface area contributed by atoms with Crippen molar-refractivity contribution in [2.45, 2.75) is 38.5 Å². The molecule has 0 N–H and O–H groups in total. The zero-order valence-corrected chi connectivity index (χ0v) is 31.0. The number of rotatable bonds is 2. The van der Waals surface area contributed by atoms with Crippen LogP contribution in [0.25, 0.3) is 98.4 Å². The van der Waals surface area contributed by atoms with Crippen LogP contribution in [-0.4, -0.2) is 0 Å². The third kappa shape index (κ3) is 3.73. The third-order valence-corrected chi connectivity index (χ3v) is 13.3. The summed E-state index contributed by atoms with van der Waals surface area (Å²) in [6, 6.07) is 59.9. The van der Waals surface area contributed by atoms with E-state index in [0.29, 0.717) is 0 Å². The minimum absolute atomic E-state index is 0.139. The van der Waals surface area contributed by atoms with Crippen molar-refractivity contribution >= 4 is 53.9 Å². The van der Waals surface area contributed by atoms with Gasteiger partial charge < -0.3 is 0 Å². The van der Waals surface area contributed by atoms with E-state index in [0.717, 1.165) is 0 Å². The van der Waals surface area contributed by atoms with E-state index >= 15 is 0 Å². The molecule has 0 radical (unpaired) electrons. The van der Waals surface area contributed by atoms with Gasteiger partial charge in [-0.3, -0.25) is 0 Å². The zero-order valence-electron chi connectivity index (χ0n) is 31.0. The summed E-state index contributed by atoms with van der Waals surface area (Å²) in [7, 11) is 0. The summed E-state index contributed by atoms with van der Waals surface area (Å²) in [5, 5.41) is 13.4. The number of fused-ring (bicyclic) bond motifs is 9. The standard InChI is InChI=1S/C54H38/c1-53(2)44-29-42-41(49(31-14-7-5-8-15-31)36-20-11-12-21-37(36)50(42)32-16-9-6-10-17-32)27-39(44)40-28-46-43(30-45(40)53)52-38-25-24-34-19-13-18-33-22-23-35(51(38)48(33)34)26-47(52)54(46,3)4/h5-30H,1-4H3. The highest BCUT2D eigenvalue weighted by Crippen LogP contribution is 2.59. The molecule has 0 atom stereocenters. The summed E-state index contributed by atoms with van der Waals surface area (Å²) >= 11 is 0. The highest BCUT2D eigenvalue weighted by atomic mass is 14.5. The van der Waals surface area contributed by atoms with Gasteiger partial charge >= 0.3 is 0 Å². The Kier molecular flexibility index (Phi) is 5.74. The molecule has 254 valence electrons. The van der Waals surface area contributed by atoms with Gasteiger partial charge in [0.2, 0.25) is 0 Å². The van der Waals surface area contributed by atoms with Crippen LogP contribution in [0.2, 0.25) is 0 Å². The Labute approximate surface area is 315 Å². The summed E-state index contributed by atoms with van der Waals surface area (Å²) in [6.45, 7) is 9.77. The van der Waals surface area contributed by atoms with Gasteiger partial charge in [0.25, 0.3) is 0 Å². The molecule has 0 heterocycles. The molecule has 0 amide bonds. The van der Waals surface area contributed by atoms with Gasteiger partial charge in [0, 0.05) is 10.8 Å². The molecule has 0 spiro atoms. The molecule has 0 nitrogen and oxygen atoms in total. The van der Waals surface area contributed by atoms with Crippen molar-refractivity contribution in [3.8, 4) is 44.5 Å². The molecule has 2 aliphatic rings. The SMILES string of the molecule is CC1(C)c2cc3c(cc2-c2cc4c(-c5ccccc5)c5ccccc5c(-c5ccccc5)c4cc21)C(C)(C)c1cc2ccc4cccc5ccc(c1-3)c2c45.